The van der Waals surface area contributed by atoms with Crippen molar-refractivity contribution >= 4 is 11.3 Å². The number of rotatable bonds is 3. The second kappa shape index (κ2) is 4.25. The van der Waals surface area contributed by atoms with Crippen LogP contribution in [0.25, 0.3) is 0 Å². The molecule has 1 nitrogen and oxygen atoms in total. The Bertz CT molecular complexity index is 233. The van der Waals surface area contributed by atoms with Gasteiger partial charge in [0.15, 0.2) is 0 Å². The third-order valence-corrected chi connectivity index (χ3v) is 2.68. The maximum absolute atomic E-state index is 6.06. The Balaban J connectivity index is 2.38. The first kappa shape index (κ1) is 10.7. The zero-order chi connectivity index (χ0) is 9.90. The lowest BCUT2D eigenvalue weighted by molar-refractivity contribution is 0.338. The molecular formula is C11H19NS. The fourth-order valence-electron chi connectivity index (χ4n) is 1.57. The molecule has 1 rings (SSSR count). The summed E-state index contributed by atoms with van der Waals surface area (Å²) in [6.45, 7) is 6.71. The summed E-state index contributed by atoms with van der Waals surface area (Å²) in [5, 5.41) is 4.29. The van der Waals surface area contributed by atoms with E-state index in [-0.39, 0.29) is 0 Å². The highest BCUT2D eigenvalue weighted by Gasteiger charge is 2.15. The van der Waals surface area contributed by atoms with Crippen LogP contribution in [0.5, 0.6) is 0 Å². The first-order valence-electron chi connectivity index (χ1n) is 4.74. The Morgan fingerprint density at radius 3 is 2.62 bits per heavy atom. The van der Waals surface area contributed by atoms with Crippen LogP contribution in [-0.2, 0) is 6.42 Å². The lowest BCUT2D eigenvalue weighted by Crippen LogP contribution is -2.28. The van der Waals surface area contributed by atoms with Gasteiger partial charge < -0.3 is 5.73 Å². The standard InChI is InChI=1S/C11H19NS/c1-11(2,3)7-10(12)6-9-4-5-13-8-9/h4-5,8,10H,6-7,12H2,1-3H3. The van der Waals surface area contributed by atoms with Gasteiger partial charge in [-0.05, 0) is 40.6 Å². The zero-order valence-electron chi connectivity index (χ0n) is 8.71. The fraction of sp³-hybridized carbons (Fsp3) is 0.636. The number of thiophene rings is 1. The molecule has 0 aliphatic heterocycles. The molecule has 0 saturated carbocycles. The molecule has 1 aromatic rings. The molecule has 74 valence electrons. The highest BCUT2D eigenvalue weighted by Crippen LogP contribution is 2.21. The molecule has 0 amide bonds. The molecule has 0 saturated heterocycles. The van der Waals surface area contributed by atoms with Crippen LogP contribution in [0, 0.1) is 5.41 Å². The van der Waals surface area contributed by atoms with Gasteiger partial charge in [0.2, 0.25) is 0 Å². The second-order valence-corrected chi connectivity index (χ2v) is 5.64. The van der Waals surface area contributed by atoms with Crippen LogP contribution >= 0.6 is 11.3 Å². The molecule has 0 radical (unpaired) electrons. The van der Waals surface area contributed by atoms with E-state index in [9.17, 15) is 0 Å². The van der Waals surface area contributed by atoms with Crippen molar-refractivity contribution in [1.29, 1.82) is 0 Å². The van der Waals surface area contributed by atoms with Crippen LogP contribution in [-0.4, -0.2) is 6.04 Å². The normalized spacial score (nSPS) is 14.5. The summed E-state index contributed by atoms with van der Waals surface area (Å²) in [5.41, 5.74) is 7.77. The topological polar surface area (TPSA) is 26.0 Å². The highest BCUT2D eigenvalue weighted by molar-refractivity contribution is 7.07. The molecule has 0 fully saturated rings. The van der Waals surface area contributed by atoms with Crippen molar-refractivity contribution in [1.82, 2.24) is 0 Å². The van der Waals surface area contributed by atoms with Gasteiger partial charge in [0.05, 0.1) is 0 Å². The summed E-state index contributed by atoms with van der Waals surface area (Å²) in [6.07, 6.45) is 2.10. The number of nitrogens with two attached hydrogens (primary N) is 1. The van der Waals surface area contributed by atoms with E-state index in [0.717, 1.165) is 12.8 Å². The molecule has 1 heterocycles. The van der Waals surface area contributed by atoms with E-state index in [1.54, 1.807) is 11.3 Å². The van der Waals surface area contributed by atoms with Crippen molar-refractivity contribution in [2.75, 3.05) is 0 Å². The van der Waals surface area contributed by atoms with Gasteiger partial charge in [0.25, 0.3) is 0 Å². The van der Waals surface area contributed by atoms with Crippen LogP contribution in [0.2, 0.25) is 0 Å². The Labute approximate surface area is 85.0 Å². The molecule has 2 heteroatoms. The van der Waals surface area contributed by atoms with E-state index in [2.05, 4.69) is 37.6 Å². The smallest absolute Gasteiger partial charge is 0.00845 e. The summed E-state index contributed by atoms with van der Waals surface area (Å²) in [7, 11) is 0. The van der Waals surface area contributed by atoms with Crippen molar-refractivity contribution in [2.24, 2.45) is 11.1 Å². The first-order valence-corrected chi connectivity index (χ1v) is 5.68. The molecule has 0 spiro atoms. The molecule has 1 aromatic heterocycles. The van der Waals surface area contributed by atoms with Crippen LogP contribution < -0.4 is 5.73 Å². The monoisotopic (exact) mass is 197 g/mol. The van der Waals surface area contributed by atoms with Gasteiger partial charge in [-0.3, -0.25) is 0 Å². The Hall–Kier alpha value is -0.340. The minimum Gasteiger partial charge on any atom is -0.327 e. The van der Waals surface area contributed by atoms with E-state index < -0.39 is 0 Å². The van der Waals surface area contributed by atoms with Gasteiger partial charge >= 0.3 is 0 Å². The third-order valence-electron chi connectivity index (χ3n) is 1.95. The number of hydrogen-bond acceptors (Lipinski definition) is 2. The minimum atomic E-state index is 0.301. The van der Waals surface area contributed by atoms with Crippen LogP contribution in [0.4, 0.5) is 0 Å². The lowest BCUT2D eigenvalue weighted by atomic mass is 9.86. The first-order chi connectivity index (χ1) is 5.97. The average Bonchev–Trinajstić information content (AvgIpc) is 2.34. The summed E-state index contributed by atoms with van der Waals surface area (Å²) in [4.78, 5) is 0. The van der Waals surface area contributed by atoms with Crippen LogP contribution in [0.3, 0.4) is 0 Å². The fourth-order valence-corrected chi connectivity index (χ4v) is 2.25. The number of hydrogen-bond donors (Lipinski definition) is 1. The maximum atomic E-state index is 6.06. The molecule has 2 N–H and O–H groups in total. The Morgan fingerprint density at radius 1 is 1.46 bits per heavy atom. The highest BCUT2D eigenvalue weighted by atomic mass is 32.1. The van der Waals surface area contributed by atoms with E-state index in [4.69, 9.17) is 5.73 Å². The van der Waals surface area contributed by atoms with Crippen molar-refractivity contribution < 1.29 is 0 Å². The molecule has 0 aromatic carbocycles. The SMILES string of the molecule is CC(C)(C)CC(N)Cc1ccsc1. The van der Waals surface area contributed by atoms with Crippen molar-refractivity contribution in [3.63, 3.8) is 0 Å². The van der Waals surface area contributed by atoms with Crippen molar-refractivity contribution in [2.45, 2.75) is 39.7 Å². The summed E-state index contributed by atoms with van der Waals surface area (Å²) >= 11 is 1.74. The van der Waals surface area contributed by atoms with Crippen molar-refractivity contribution in [3.8, 4) is 0 Å². The van der Waals surface area contributed by atoms with Gasteiger partial charge in [0, 0.05) is 6.04 Å². The molecular weight excluding hydrogens is 178 g/mol. The predicted molar refractivity (Wildman–Crippen MR) is 60.1 cm³/mol. The van der Waals surface area contributed by atoms with E-state index in [1.807, 2.05) is 0 Å². The summed E-state index contributed by atoms with van der Waals surface area (Å²) < 4.78 is 0. The van der Waals surface area contributed by atoms with E-state index in [0.29, 0.717) is 11.5 Å². The van der Waals surface area contributed by atoms with Gasteiger partial charge in [0.1, 0.15) is 0 Å². The molecule has 1 unspecified atom stereocenters. The largest absolute Gasteiger partial charge is 0.327 e. The molecule has 0 aliphatic carbocycles. The summed E-state index contributed by atoms with van der Waals surface area (Å²) in [5.74, 6) is 0. The average molecular weight is 197 g/mol. The molecule has 1 atom stereocenters. The van der Waals surface area contributed by atoms with Crippen LogP contribution in [0.15, 0.2) is 16.8 Å². The molecule has 13 heavy (non-hydrogen) atoms. The van der Waals surface area contributed by atoms with Gasteiger partial charge in [-0.25, -0.2) is 0 Å². The molecule has 0 bridgehead atoms. The quantitative estimate of drug-likeness (QED) is 0.792. The van der Waals surface area contributed by atoms with E-state index >= 15 is 0 Å². The second-order valence-electron chi connectivity index (χ2n) is 4.86. The zero-order valence-corrected chi connectivity index (χ0v) is 9.53. The predicted octanol–water partition coefficient (Wildman–Crippen LogP) is 3.05. The Morgan fingerprint density at radius 2 is 2.15 bits per heavy atom. The van der Waals surface area contributed by atoms with Gasteiger partial charge in [-0.2, -0.15) is 11.3 Å². The van der Waals surface area contributed by atoms with Crippen LogP contribution in [0.1, 0.15) is 32.8 Å². The van der Waals surface area contributed by atoms with Gasteiger partial charge in [-0.15, -0.1) is 0 Å². The Kier molecular flexibility index (Phi) is 3.51. The maximum Gasteiger partial charge on any atom is 0.00845 e. The third kappa shape index (κ3) is 4.44. The van der Waals surface area contributed by atoms with Gasteiger partial charge in [-0.1, -0.05) is 20.8 Å². The lowest BCUT2D eigenvalue weighted by Gasteiger charge is -2.22. The van der Waals surface area contributed by atoms with Crippen molar-refractivity contribution in [3.05, 3.63) is 22.4 Å². The minimum absolute atomic E-state index is 0.301. The van der Waals surface area contributed by atoms with E-state index in [1.165, 1.54) is 5.56 Å². The summed E-state index contributed by atoms with van der Waals surface area (Å²) in [6, 6.07) is 2.46. The molecule has 0 aliphatic rings.